The number of fused-ring (bicyclic) bond motifs is 1. The summed E-state index contributed by atoms with van der Waals surface area (Å²) in [4.78, 5) is 26.1. The van der Waals surface area contributed by atoms with Gasteiger partial charge in [0, 0.05) is 31.3 Å². The van der Waals surface area contributed by atoms with Crippen LogP contribution in [0, 0.1) is 0 Å². The van der Waals surface area contributed by atoms with Gasteiger partial charge in [0.15, 0.2) is 6.61 Å². The number of nitrogens with zero attached hydrogens (tertiary/aromatic N) is 2. The van der Waals surface area contributed by atoms with E-state index in [2.05, 4.69) is 15.0 Å². The maximum absolute atomic E-state index is 12.9. The molecule has 0 atom stereocenters. The topological polar surface area (TPSA) is 117 Å². The van der Waals surface area contributed by atoms with Crippen molar-refractivity contribution in [1.29, 1.82) is 0 Å². The number of carbonyl (C=O) groups is 2. The summed E-state index contributed by atoms with van der Waals surface area (Å²) in [7, 11) is -2.07. The van der Waals surface area contributed by atoms with Crippen LogP contribution in [0.2, 0.25) is 0 Å². The van der Waals surface area contributed by atoms with Gasteiger partial charge in [-0.25, -0.2) is 0 Å². The second-order valence-corrected chi connectivity index (χ2v) is 9.35. The lowest BCUT2D eigenvalue weighted by atomic mass is 10.1. The predicted octanol–water partition coefficient (Wildman–Crippen LogP) is 2.86. The number of hydrogen-bond donors (Lipinski definition) is 2. The number of carbonyl (C=O) groups excluding carboxylic acids is 2. The zero-order valence-electron chi connectivity index (χ0n) is 17.6. The zero-order valence-corrected chi connectivity index (χ0v) is 18.4. The Labute approximate surface area is 186 Å². The molecule has 0 spiro atoms. The molecule has 168 valence electrons. The van der Waals surface area contributed by atoms with E-state index in [4.69, 9.17) is 4.74 Å². The molecule has 0 saturated carbocycles. The lowest BCUT2D eigenvalue weighted by Gasteiger charge is -2.18. The summed E-state index contributed by atoms with van der Waals surface area (Å²) < 4.78 is 35.1. The van der Waals surface area contributed by atoms with Crippen LogP contribution in [0.25, 0.3) is 0 Å². The molecule has 32 heavy (non-hydrogen) atoms. The largest absolute Gasteiger partial charge is 0.482 e. The summed E-state index contributed by atoms with van der Waals surface area (Å²) in [5.74, 6) is 0.290. The average molecular weight is 457 g/mol. The van der Waals surface area contributed by atoms with Crippen LogP contribution in [0.1, 0.15) is 36.0 Å². The van der Waals surface area contributed by atoms with Crippen molar-refractivity contribution in [2.45, 2.75) is 30.6 Å². The van der Waals surface area contributed by atoms with Crippen LogP contribution in [-0.4, -0.2) is 51.2 Å². The molecule has 2 heterocycles. The summed E-state index contributed by atoms with van der Waals surface area (Å²) in [6, 6.07) is 10.7. The molecule has 10 heteroatoms. The summed E-state index contributed by atoms with van der Waals surface area (Å²) in [5.41, 5.74) is 1.03. The Kier molecular flexibility index (Phi) is 6.13. The summed E-state index contributed by atoms with van der Waals surface area (Å²) in [5, 5.41) is 5.35. The van der Waals surface area contributed by atoms with Crippen LogP contribution in [0.3, 0.4) is 0 Å². The second kappa shape index (κ2) is 8.99. The van der Waals surface area contributed by atoms with Gasteiger partial charge in [-0.3, -0.25) is 9.59 Å². The van der Waals surface area contributed by atoms with E-state index in [1.54, 1.807) is 24.3 Å². The number of nitrogens with one attached hydrogen (secondary N) is 2. The van der Waals surface area contributed by atoms with Gasteiger partial charge in [0.05, 0.1) is 10.6 Å². The van der Waals surface area contributed by atoms with E-state index in [1.807, 2.05) is 11.9 Å². The molecule has 0 bridgehead atoms. The lowest BCUT2D eigenvalue weighted by molar-refractivity contribution is -0.118. The van der Waals surface area contributed by atoms with Gasteiger partial charge < -0.3 is 20.3 Å². The highest BCUT2D eigenvalue weighted by Crippen LogP contribution is 2.29. The first kappa shape index (κ1) is 21.8. The van der Waals surface area contributed by atoms with E-state index < -0.39 is 15.9 Å². The molecule has 2 amide bonds. The Hall–Kier alpha value is -3.40. The van der Waals surface area contributed by atoms with Gasteiger partial charge in [-0.05, 0) is 49.2 Å². The van der Waals surface area contributed by atoms with Crippen molar-refractivity contribution in [2.75, 3.05) is 30.8 Å². The molecule has 2 N–H and O–H groups in total. The van der Waals surface area contributed by atoms with Crippen LogP contribution in [-0.2, 0) is 14.8 Å². The number of anilines is 2. The van der Waals surface area contributed by atoms with Gasteiger partial charge in [-0.2, -0.15) is 8.42 Å². The van der Waals surface area contributed by atoms with Gasteiger partial charge in [-0.1, -0.05) is 12.5 Å². The number of likely N-dealkylation sites (tertiary alicyclic amines) is 1. The molecule has 1 fully saturated rings. The first-order valence-corrected chi connectivity index (χ1v) is 11.8. The fraction of sp³-hybridized carbons (Fsp3) is 0.318. The molecule has 9 nitrogen and oxygen atoms in total. The normalized spacial score (nSPS) is 17.7. The van der Waals surface area contributed by atoms with Crippen LogP contribution in [0.5, 0.6) is 5.75 Å². The van der Waals surface area contributed by atoms with Crippen LogP contribution < -0.4 is 15.4 Å². The molecule has 0 radical (unpaired) electrons. The Bertz CT molecular complexity index is 1190. The standard InChI is InChI=1S/C22H24N4O5S/c1-26-11-4-2-3-8-20(26)25-32(29,30)17-7-5-6-16(13-17)23-22(28)15-9-10-19-18(12-15)24-21(27)14-31-19/h5-7,9-10,12-13H,2-4,8,11,14H2,1H3,(H,23,28)(H,24,27)/b25-20-. The summed E-state index contributed by atoms with van der Waals surface area (Å²) in [6.45, 7) is 0.705. The Morgan fingerprint density at radius 1 is 1.16 bits per heavy atom. The van der Waals surface area contributed by atoms with Crippen molar-refractivity contribution < 1.29 is 22.7 Å². The molecular weight excluding hydrogens is 432 g/mol. The molecular formula is C22H24N4O5S. The van der Waals surface area contributed by atoms with Gasteiger partial charge in [0.25, 0.3) is 21.8 Å². The highest BCUT2D eigenvalue weighted by atomic mass is 32.2. The maximum atomic E-state index is 12.9. The lowest BCUT2D eigenvalue weighted by Crippen LogP contribution is -2.27. The fourth-order valence-corrected chi connectivity index (χ4v) is 4.74. The average Bonchev–Trinajstić information content (AvgIpc) is 2.97. The Balaban J connectivity index is 1.53. The molecule has 4 rings (SSSR count). The van der Waals surface area contributed by atoms with Crippen LogP contribution in [0.4, 0.5) is 11.4 Å². The number of benzene rings is 2. The van der Waals surface area contributed by atoms with Gasteiger partial charge >= 0.3 is 0 Å². The second-order valence-electron chi connectivity index (χ2n) is 7.74. The monoisotopic (exact) mass is 456 g/mol. The van der Waals surface area contributed by atoms with E-state index in [1.165, 1.54) is 18.2 Å². The SMILES string of the molecule is CN1CCCCC/C1=N/S(=O)(=O)c1cccc(NC(=O)c2ccc3c(c2)NC(=O)CO3)c1. The first-order valence-electron chi connectivity index (χ1n) is 10.3. The minimum atomic E-state index is -3.92. The minimum Gasteiger partial charge on any atom is -0.482 e. The third-order valence-electron chi connectivity index (χ3n) is 5.32. The van der Waals surface area contributed by atoms with E-state index >= 15 is 0 Å². The third kappa shape index (κ3) is 4.91. The molecule has 0 aliphatic carbocycles. The predicted molar refractivity (Wildman–Crippen MR) is 121 cm³/mol. The van der Waals surface area contributed by atoms with E-state index in [-0.39, 0.29) is 17.4 Å². The number of amides is 2. The smallest absolute Gasteiger partial charge is 0.284 e. The van der Waals surface area contributed by atoms with Crippen molar-refractivity contribution >= 4 is 39.0 Å². The number of sulfonamides is 1. The Morgan fingerprint density at radius 2 is 2.00 bits per heavy atom. The van der Waals surface area contributed by atoms with E-state index in [9.17, 15) is 18.0 Å². The molecule has 2 aliphatic heterocycles. The maximum Gasteiger partial charge on any atom is 0.284 e. The van der Waals surface area contributed by atoms with Crippen molar-refractivity contribution in [1.82, 2.24) is 4.90 Å². The van der Waals surface area contributed by atoms with Crippen molar-refractivity contribution in [3.63, 3.8) is 0 Å². The number of amidine groups is 1. The molecule has 2 aromatic rings. The molecule has 0 unspecified atom stereocenters. The zero-order chi connectivity index (χ0) is 22.7. The number of rotatable bonds is 4. The third-order valence-corrected chi connectivity index (χ3v) is 6.63. The first-order chi connectivity index (χ1) is 15.3. The highest BCUT2D eigenvalue weighted by Gasteiger charge is 2.20. The van der Waals surface area contributed by atoms with E-state index in [0.29, 0.717) is 34.9 Å². The van der Waals surface area contributed by atoms with Gasteiger partial charge in [0.2, 0.25) is 0 Å². The summed E-state index contributed by atoms with van der Waals surface area (Å²) >= 11 is 0. The van der Waals surface area contributed by atoms with Crippen molar-refractivity contribution in [3.05, 3.63) is 48.0 Å². The number of hydrogen-bond acceptors (Lipinski definition) is 5. The van der Waals surface area contributed by atoms with Gasteiger partial charge in [0.1, 0.15) is 11.6 Å². The van der Waals surface area contributed by atoms with Crippen LogP contribution >= 0.6 is 0 Å². The van der Waals surface area contributed by atoms with Crippen molar-refractivity contribution in [3.8, 4) is 5.75 Å². The van der Waals surface area contributed by atoms with Gasteiger partial charge in [-0.15, -0.1) is 4.40 Å². The Morgan fingerprint density at radius 3 is 2.84 bits per heavy atom. The molecule has 2 aromatic carbocycles. The fourth-order valence-electron chi connectivity index (χ4n) is 3.60. The quantitative estimate of drug-likeness (QED) is 0.731. The highest BCUT2D eigenvalue weighted by molar-refractivity contribution is 7.90. The minimum absolute atomic E-state index is 0.00607. The van der Waals surface area contributed by atoms with Crippen LogP contribution in [0.15, 0.2) is 51.8 Å². The molecule has 2 aliphatic rings. The van der Waals surface area contributed by atoms with Crippen molar-refractivity contribution in [2.24, 2.45) is 4.40 Å². The molecule has 0 aromatic heterocycles. The van der Waals surface area contributed by atoms with E-state index in [0.717, 1.165) is 25.8 Å². The molecule has 1 saturated heterocycles. The summed E-state index contributed by atoms with van der Waals surface area (Å²) in [6.07, 6.45) is 3.57. The number of ether oxygens (including phenoxy) is 1.